The molecule has 0 aliphatic rings. The molecule has 0 amide bonds. The first kappa shape index (κ1) is 18.4. The van der Waals surface area contributed by atoms with Crippen LogP contribution in [-0.4, -0.2) is 32.0 Å². The van der Waals surface area contributed by atoms with Gasteiger partial charge in [-0.05, 0) is 30.0 Å². The van der Waals surface area contributed by atoms with Gasteiger partial charge in [-0.3, -0.25) is 4.79 Å². The third-order valence-corrected chi connectivity index (χ3v) is 3.47. The van der Waals surface area contributed by atoms with Crippen LogP contribution in [0.3, 0.4) is 0 Å². The number of carbonyl (C=O) groups is 1. The lowest BCUT2D eigenvalue weighted by atomic mass is 10.0. The zero-order valence-electron chi connectivity index (χ0n) is 13.9. The maximum Gasteiger partial charge on any atom is 0.203 e. The van der Waals surface area contributed by atoms with E-state index in [9.17, 15) is 4.79 Å². The summed E-state index contributed by atoms with van der Waals surface area (Å²) in [5.74, 6) is 2.20. The summed E-state index contributed by atoms with van der Waals surface area (Å²) < 4.78 is 15.9. The molecule has 122 valence electrons. The quantitative estimate of drug-likeness (QED) is 0.649. The molecule has 0 radical (unpaired) electrons. The van der Waals surface area contributed by atoms with E-state index in [0.29, 0.717) is 36.0 Å². The van der Waals surface area contributed by atoms with Crippen molar-refractivity contribution in [2.24, 2.45) is 5.92 Å². The molecular weight excluding hydrogens is 300 g/mol. The number of hydrogen-bond acceptors (Lipinski definition) is 5. The predicted octanol–water partition coefficient (Wildman–Crippen LogP) is 3.63. The molecule has 0 atom stereocenters. The molecule has 0 aliphatic heterocycles. The summed E-state index contributed by atoms with van der Waals surface area (Å²) in [7, 11) is 4.66. The Morgan fingerprint density at radius 2 is 1.64 bits per heavy atom. The van der Waals surface area contributed by atoms with Crippen molar-refractivity contribution in [2.45, 2.75) is 33.1 Å². The van der Waals surface area contributed by atoms with E-state index in [2.05, 4.69) is 13.8 Å². The smallest absolute Gasteiger partial charge is 0.203 e. The molecule has 0 fully saturated rings. The summed E-state index contributed by atoms with van der Waals surface area (Å²) in [4.78, 5) is 13.0. The number of carbonyl (C=O) groups excluding carboxylic acids is 1. The number of thiocarbonyl (C=S) groups is 1. The van der Waals surface area contributed by atoms with Crippen LogP contribution in [-0.2, 0) is 11.2 Å². The number of methoxy groups -OCH3 is 3. The van der Waals surface area contributed by atoms with Crippen LogP contribution in [0, 0.1) is 5.92 Å². The van der Waals surface area contributed by atoms with E-state index in [1.54, 1.807) is 33.5 Å². The van der Waals surface area contributed by atoms with Crippen molar-refractivity contribution >= 4 is 22.9 Å². The molecule has 0 aromatic heterocycles. The van der Waals surface area contributed by atoms with Gasteiger partial charge in [0.25, 0.3) is 0 Å². The second-order valence-electron chi connectivity index (χ2n) is 5.56. The molecule has 0 aliphatic carbocycles. The van der Waals surface area contributed by atoms with Crippen LogP contribution in [0.1, 0.15) is 32.3 Å². The molecule has 4 nitrogen and oxygen atoms in total. The van der Waals surface area contributed by atoms with Gasteiger partial charge in [0.2, 0.25) is 5.75 Å². The van der Waals surface area contributed by atoms with Crippen molar-refractivity contribution in [3.63, 3.8) is 0 Å². The van der Waals surface area contributed by atoms with Crippen molar-refractivity contribution in [1.29, 1.82) is 0 Å². The lowest BCUT2D eigenvalue weighted by Crippen LogP contribution is -2.11. The molecule has 0 N–H and O–H groups in total. The first-order valence-electron chi connectivity index (χ1n) is 7.23. The molecule has 1 aromatic rings. The Morgan fingerprint density at radius 3 is 2.05 bits per heavy atom. The fourth-order valence-corrected chi connectivity index (χ4v) is 2.77. The molecule has 1 rings (SSSR count). The second kappa shape index (κ2) is 8.73. The van der Waals surface area contributed by atoms with Crippen molar-refractivity contribution in [3.8, 4) is 17.2 Å². The van der Waals surface area contributed by atoms with E-state index in [1.807, 2.05) is 0 Å². The normalized spacial score (nSPS) is 10.5. The highest BCUT2D eigenvalue weighted by molar-refractivity contribution is 7.80. The number of hydrogen-bond donors (Lipinski definition) is 0. The van der Waals surface area contributed by atoms with E-state index in [-0.39, 0.29) is 5.78 Å². The van der Waals surface area contributed by atoms with Crippen LogP contribution in [0.5, 0.6) is 17.2 Å². The minimum atomic E-state index is 0.0972. The average molecular weight is 324 g/mol. The van der Waals surface area contributed by atoms with Gasteiger partial charge in [-0.1, -0.05) is 26.1 Å². The van der Waals surface area contributed by atoms with Gasteiger partial charge in [0, 0.05) is 17.7 Å². The Labute approximate surface area is 137 Å². The Hall–Kier alpha value is -1.62. The Balaban J connectivity index is 2.85. The third kappa shape index (κ3) is 5.30. The van der Waals surface area contributed by atoms with Gasteiger partial charge >= 0.3 is 0 Å². The highest BCUT2D eigenvalue weighted by atomic mass is 32.1. The lowest BCUT2D eigenvalue weighted by molar-refractivity contribution is -0.117. The highest BCUT2D eigenvalue weighted by Gasteiger charge is 2.15. The summed E-state index contributed by atoms with van der Waals surface area (Å²) in [5, 5.41) is 0. The van der Waals surface area contributed by atoms with Gasteiger partial charge in [-0.15, -0.1) is 0 Å². The number of Topliss-reactive ketones (excluding diaryl/α,β-unsaturated/α-hetero) is 1. The van der Waals surface area contributed by atoms with Crippen LogP contribution in [0.2, 0.25) is 0 Å². The summed E-state index contributed by atoms with van der Waals surface area (Å²) in [5.41, 5.74) is 0.826. The fourth-order valence-electron chi connectivity index (χ4n) is 2.28. The first-order chi connectivity index (χ1) is 10.4. The molecule has 0 saturated heterocycles. The standard InChI is InChI=1S/C17H24O4S/c1-11(2)6-14(22)10-13(18)7-12-8-15(19-3)17(21-5)16(9-12)20-4/h8-9,11H,6-7,10H2,1-5H3. The molecule has 0 saturated carbocycles. The lowest BCUT2D eigenvalue weighted by Gasteiger charge is -2.14. The van der Waals surface area contributed by atoms with Gasteiger partial charge in [0.15, 0.2) is 11.5 Å². The Kier molecular flexibility index (Phi) is 7.32. The predicted molar refractivity (Wildman–Crippen MR) is 91.5 cm³/mol. The molecule has 1 aromatic carbocycles. The van der Waals surface area contributed by atoms with Crippen LogP contribution in [0.15, 0.2) is 12.1 Å². The largest absolute Gasteiger partial charge is 0.493 e. The van der Waals surface area contributed by atoms with Crippen LogP contribution in [0.25, 0.3) is 0 Å². The van der Waals surface area contributed by atoms with Crippen molar-refractivity contribution in [2.75, 3.05) is 21.3 Å². The van der Waals surface area contributed by atoms with E-state index < -0.39 is 0 Å². The van der Waals surface area contributed by atoms with Crippen molar-refractivity contribution in [3.05, 3.63) is 17.7 Å². The number of ether oxygens (including phenoxy) is 3. The minimum Gasteiger partial charge on any atom is -0.493 e. The number of rotatable bonds is 9. The van der Waals surface area contributed by atoms with E-state index in [1.165, 1.54) is 0 Å². The summed E-state index contributed by atoms with van der Waals surface area (Å²) in [6.45, 7) is 4.19. The Bertz CT molecular complexity index is 512. The molecule has 5 heteroatoms. The van der Waals surface area contributed by atoms with Crippen LogP contribution >= 0.6 is 12.2 Å². The van der Waals surface area contributed by atoms with E-state index >= 15 is 0 Å². The van der Waals surface area contributed by atoms with E-state index in [4.69, 9.17) is 26.4 Å². The fraction of sp³-hybridized carbons (Fsp3) is 0.529. The number of benzene rings is 1. The van der Waals surface area contributed by atoms with Gasteiger partial charge in [-0.2, -0.15) is 0 Å². The van der Waals surface area contributed by atoms with Gasteiger partial charge in [-0.25, -0.2) is 0 Å². The van der Waals surface area contributed by atoms with Gasteiger partial charge in [0.05, 0.1) is 21.3 Å². The van der Waals surface area contributed by atoms with Crippen molar-refractivity contribution < 1.29 is 19.0 Å². The monoisotopic (exact) mass is 324 g/mol. The summed E-state index contributed by atoms with van der Waals surface area (Å²) in [6, 6.07) is 3.59. The average Bonchev–Trinajstić information content (AvgIpc) is 2.44. The SMILES string of the molecule is COc1cc(CC(=O)CC(=S)CC(C)C)cc(OC)c1OC. The third-order valence-electron chi connectivity index (χ3n) is 3.16. The number of ketones is 1. The van der Waals surface area contributed by atoms with Gasteiger partial charge < -0.3 is 14.2 Å². The Morgan fingerprint density at radius 1 is 1.09 bits per heavy atom. The zero-order chi connectivity index (χ0) is 16.7. The van der Waals surface area contributed by atoms with Crippen LogP contribution < -0.4 is 14.2 Å². The molecule has 22 heavy (non-hydrogen) atoms. The molecular formula is C17H24O4S. The molecule has 0 spiro atoms. The summed E-state index contributed by atoms with van der Waals surface area (Å²) in [6.07, 6.45) is 1.44. The molecule has 0 unspecified atom stereocenters. The van der Waals surface area contributed by atoms with Crippen LogP contribution in [0.4, 0.5) is 0 Å². The van der Waals surface area contributed by atoms with Crippen molar-refractivity contribution in [1.82, 2.24) is 0 Å². The van der Waals surface area contributed by atoms with E-state index in [0.717, 1.165) is 16.8 Å². The molecule has 0 bridgehead atoms. The van der Waals surface area contributed by atoms with Gasteiger partial charge in [0.1, 0.15) is 5.78 Å². The minimum absolute atomic E-state index is 0.0972. The topological polar surface area (TPSA) is 44.8 Å². The highest BCUT2D eigenvalue weighted by Crippen LogP contribution is 2.38. The molecule has 0 heterocycles. The second-order valence-corrected chi connectivity index (χ2v) is 6.14. The zero-order valence-corrected chi connectivity index (χ0v) is 14.7. The maximum atomic E-state index is 12.2. The first-order valence-corrected chi connectivity index (χ1v) is 7.64. The maximum absolute atomic E-state index is 12.2. The summed E-state index contributed by atoms with van der Waals surface area (Å²) >= 11 is 5.27.